The minimum absolute atomic E-state index is 0.386. The molecule has 13 heavy (non-hydrogen) atoms. The van der Waals surface area contributed by atoms with Gasteiger partial charge < -0.3 is 10.2 Å². The zero-order chi connectivity index (χ0) is 10.3. The van der Waals surface area contributed by atoms with Crippen LogP contribution in [0.1, 0.15) is 33.6 Å². The summed E-state index contributed by atoms with van der Waals surface area (Å²) in [4.78, 5) is 2.25. The Bertz CT molecular complexity index is 119. The Balaban J connectivity index is 3.50. The van der Waals surface area contributed by atoms with Gasteiger partial charge in [0.1, 0.15) is 0 Å². The molecule has 0 amide bonds. The van der Waals surface area contributed by atoms with Gasteiger partial charge in [-0.05, 0) is 32.5 Å². The van der Waals surface area contributed by atoms with E-state index in [4.69, 9.17) is 0 Å². The third-order valence-corrected chi connectivity index (χ3v) is 2.05. The number of hydrogen-bond acceptors (Lipinski definition) is 2. The second-order valence-electron chi connectivity index (χ2n) is 4.93. The Morgan fingerprint density at radius 1 is 1.23 bits per heavy atom. The number of rotatable bonds is 7. The van der Waals surface area contributed by atoms with E-state index in [9.17, 15) is 0 Å². The summed E-state index contributed by atoms with van der Waals surface area (Å²) in [7, 11) is 4.27. The van der Waals surface area contributed by atoms with Crippen LogP contribution in [-0.2, 0) is 0 Å². The molecule has 80 valence electrons. The maximum Gasteiger partial charge on any atom is 0.00387 e. The standard InChI is InChI=1S/C11H26N2/c1-6-7-8-12-9-11(2,3)10-13(4)5/h12H,6-10H2,1-5H3. The van der Waals surface area contributed by atoms with E-state index in [-0.39, 0.29) is 0 Å². The van der Waals surface area contributed by atoms with Crippen molar-refractivity contribution >= 4 is 0 Å². The van der Waals surface area contributed by atoms with Crippen LogP contribution in [0.2, 0.25) is 0 Å². The SMILES string of the molecule is CCCCNCC(C)(C)CN(C)C. The normalized spacial score (nSPS) is 12.5. The van der Waals surface area contributed by atoms with Crippen LogP contribution in [0.4, 0.5) is 0 Å². The number of nitrogens with zero attached hydrogens (tertiary/aromatic N) is 1. The van der Waals surface area contributed by atoms with Gasteiger partial charge in [0.25, 0.3) is 0 Å². The summed E-state index contributed by atoms with van der Waals surface area (Å²) in [5.41, 5.74) is 0.386. The van der Waals surface area contributed by atoms with Crippen molar-refractivity contribution in [2.75, 3.05) is 33.7 Å². The van der Waals surface area contributed by atoms with Crippen molar-refractivity contribution in [3.05, 3.63) is 0 Å². The van der Waals surface area contributed by atoms with Crippen LogP contribution in [0.15, 0.2) is 0 Å². The van der Waals surface area contributed by atoms with Gasteiger partial charge in [-0.2, -0.15) is 0 Å². The monoisotopic (exact) mass is 186 g/mol. The third kappa shape index (κ3) is 8.26. The first-order chi connectivity index (χ1) is 5.98. The molecule has 0 aromatic carbocycles. The van der Waals surface area contributed by atoms with Crippen LogP contribution < -0.4 is 5.32 Å². The lowest BCUT2D eigenvalue weighted by Gasteiger charge is -2.28. The second-order valence-corrected chi connectivity index (χ2v) is 4.93. The van der Waals surface area contributed by atoms with E-state index in [2.05, 4.69) is 45.1 Å². The largest absolute Gasteiger partial charge is 0.316 e. The number of unbranched alkanes of at least 4 members (excludes halogenated alkanes) is 1. The van der Waals surface area contributed by atoms with Gasteiger partial charge in [-0.1, -0.05) is 27.2 Å². The molecule has 0 aliphatic carbocycles. The van der Waals surface area contributed by atoms with E-state index < -0.39 is 0 Å². The van der Waals surface area contributed by atoms with Crippen LogP contribution in [0, 0.1) is 5.41 Å². The van der Waals surface area contributed by atoms with Crippen molar-refractivity contribution in [1.29, 1.82) is 0 Å². The van der Waals surface area contributed by atoms with Crippen molar-refractivity contribution in [3.8, 4) is 0 Å². The first-order valence-electron chi connectivity index (χ1n) is 5.33. The molecule has 0 rings (SSSR count). The van der Waals surface area contributed by atoms with E-state index in [0.29, 0.717) is 5.41 Å². The third-order valence-electron chi connectivity index (χ3n) is 2.05. The molecule has 0 aromatic rings. The summed E-state index contributed by atoms with van der Waals surface area (Å²) >= 11 is 0. The molecule has 0 aromatic heterocycles. The molecular formula is C11H26N2. The highest BCUT2D eigenvalue weighted by atomic mass is 15.1. The minimum atomic E-state index is 0.386. The van der Waals surface area contributed by atoms with Gasteiger partial charge in [0.2, 0.25) is 0 Å². The molecule has 0 aliphatic rings. The molecule has 0 bridgehead atoms. The molecule has 0 spiro atoms. The molecule has 2 nitrogen and oxygen atoms in total. The summed E-state index contributed by atoms with van der Waals surface area (Å²) in [6.45, 7) is 10.3. The first-order valence-corrected chi connectivity index (χ1v) is 5.33. The van der Waals surface area contributed by atoms with Gasteiger partial charge in [0.05, 0.1) is 0 Å². The quantitative estimate of drug-likeness (QED) is 0.612. The molecule has 0 saturated carbocycles. The molecule has 2 heteroatoms. The Kier molecular flexibility index (Phi) is 6.35. The van der Waals surface area contributed by atoms with Crippen LogP contribution in [0.25, 0.3) is 0 Å². The van der Waals surface area contributed by atoms with Crippen molar-refractivity contribution in [3.63, 3.8) is 0 Å². The maximum atomic E-state index is 3.51. The highest BCUT2D eigenvalue weighted by Crippen LogP contribution is 2.13. The van der Waals surface area contributed by atoms with Gasteiger partial charge in [-0.3, -0.25) is 0 Å². The second kappa shape index (κ2) is 6.39. The maximum absolute atomic E-state index is 3.51. The predicted octanol–water partition coefficient (Wildman–Crippen LogP) is 1.96. The molecule has 0 atom stereocenters. The summed E-state index contributed by atoms with van der Waals surface area (Å²) < 4.78 is 0. The molecule has 0 unspecified atom stereocenters. The van der Waals surface area contributed by atoms with Crippen LogP contribution in [-0.4, -0.2) is 38.6 Å². The highest BCUT2D eigenvalue weighted by molar-refractivity contribution is 4.73. The van der Waals surface area contributed by atoms with Gasteiger partial charge in [-0.15, -0.1) is 0 Å². The highest BCUT2D eigenvalue weighted by Gasteiger charge is 2.17. The van der Waals surface area contributed by atoms with E-state index in [0.717, 1.165) is 19.6 Å². The van der Waals surface area contributed by atoms with Crippen molar-refractivity contribution in [2.24, 2.45) is 5.41 Å². The number of nitrogens with one attached hydrogen (secondary N) is 1. The summed E-state index contributed by atoms with van der Waals surface area (Å²) in [6.07, 6.45) is 2.57. The van der Waals surface area contributed by atoms with Crippen molar-refractivity contribution in [1.82, 2.24) is 10.2 Å². The van der Waals surface area contributed by atoms with E-state index in [1.54, 1.807) is 0 Å². The molecule has 0 radical (unpaired) electrons. The fourth-order valence-corrected chi connectivity index (χ4v) is 1.64. The Morgan fingerprint density at radius 2 is 1.85 bits per heavy atom. The fourth-order valence-electron chi connectivity index (χ4n) is 1.64. The summed E-state index contributed by atoms with van der Waals surface area (Å²) in [5.74, 6) is 0. The summed E-state index contributed by atoms with van der Waals surface area (Å²) in [6, 6.07) is 0. The summed E-state index contributed by atoms with van der Waals surface area (Å²) in [5, 5.41) is 3.51. The van der Waals surface area contributed by atoms with Crippen LogP contribution in [0.5, 0.6) is 0 Å². The van der Waals surface area contributed by atoms with Crippen molar-refractivity contribution < 1.29 is 0 Å². The van der Waals surface area contributed by atoms with E-state index in [1.807, 2.05) is 0 Å². The van der Waals surface area contributed by atoms with Gasteiger partial charge in [0, 0.05) is 13.1 Å². The zero-order valence-electron chi connectivity index (χ0n) is 9.98. The first kappa shape index (κ1) is 12.9. The molecule has 0 fully saturated rings. The molecule has 0 aliphatic heterocycles. The fraction of sp³-hybridized carbons (Fsp3) is 1.00. The van der Waals surface area contributed by atoms with E-state index in [1.165, 1.54) is 12.8 Å². The lowest BCUT2D eigenvalue weighted by atomic mass is 9.93. The lowest BCUT2D eigenvalue weighted by Crippen LogP contribution is -2.37. The van der Waals surface area contributed by atoms with Gasteiger partial charge in [-0.25, -0.2) is 0 Å². The van der Waals surface area contributed by atoms with Crippen LogP contribution in [0.3, 0.4) is 0 Å². The minimum Gasteiger partial charge on any atom is -0.316 e. The molecule has 0 heterocycles. The molecule has 0 saturated heterocycles. The van der Waals surface area contributed by atoms with Crippen molar-refractivity contribution in [2.45, 2.75) is 33.6 Å². The Labute approximate surface area is 83.7 Å². The number of hydrogen-bond donors (Lipinski definition) is 1. The average Bonchev–Trinajstić information content (AvgIpc) is 1.95. The topological polar surface area (TPSA) is 15.3 Å². The lowest BCUT2D eigenvalue weighted by molar-refractivity contribution is 0.232. The molecular weight excluding hydrogens is 160 g/mol. The van der Waals surface area contributed by atoms with Gasteiger partial charge >= 0.3 is 0 Å². The Hall–Kier alpha value is -0.0800. The van der Waals surface area contributed by atoms with Crippen LogP contribution >= 0.6 is 0 Å². The van der Waals surface area contributed by atoms with E-state index >= 15 is 0 Å². The average molecular weight is 186 g/mol. The zero-order valence-corrected chi connectivity index (χ0v) is 9.98. The predicted molar refractivity (Wildman–Crippen MR) is 60.1 cm³/mol. The van der Waals surface area contributed by atoms with Gasteiger partial charge in [0.15, 0.2) is 0 Å². The molecule has 1 N–H and O–H groups in total. The smallest absolute Gasteiger partial charge is 0.00387 e. The Morgan fingerprint density at radius 3 is 2.31 bits per heavy atom.